The summed E-state index contributed by atoms with van der Waals surface area (Å²) in [5.41, 5.74) is 1.18. The van der Waals surface area contributed by atoms with E-state index >= 15 is 0 Å². The van der Waals surface area contributed by atoms with Crippen molar-refractivity contribution in [2.45, 2.75) is 63.8 Å². The third-order valence-corrected chi connectivity index (χ3v) is 4.78. The average Bonchev–Trinajstić information content (AvgIpc) is 2.25. The molecule has 0 aromatic rings. The number of hydrogen-bond acceptors (Lipinski definition) is 1. The molecule has 14 heavy (non-hydrogen) atoms. The highest BCUT2D eigenvalue weighted by molar-refractivity contribution is 4.97. The van der Waals surface area contributed by atoms with Crippen LogP contribution in [0.3, 0.4) is 0 Å². The van der Waals surface area contributed by atoms with Crippen molar-refractivity contribution in [3.63, 3.8) is 0 Å². The molecule has 2 rings (SSSR count). The first kappa shape index (κ1) is 10.5. The lowest BCUT2D eigenvalue weighted by atomic mass is 9.62. The molecule has 2 aliphatic carbocycles. The van der Waals surface area contributed by atoms with E-state index in [0.717, 1.165) is 5.41 Å². The smallest absolute Gasteiger partial charge is 0.0150 e. The second-order valence-electron chi connectivity index (χ2n) is 5.68. The van der Waals surface area contributed by atoms with Gasteiger partial charge in [0.1, 0.15) is 0 Å². The van der Waals surface area contributed by atoms with E-state index in [1.807, 2.05) is 0 Å². The Balaban J connectivity index is 1.93. The molecular formula is C13H24N-. The van der Waals surface area contributed by atoms with Crippen LogP contribution in [-0.4, -0.2) is 12.6 Å². The van der Waals surface area contributed by atoms with E-state index in [0.29, 0.717) is 5.54 Å². The van der Waals surface area contributed by atoms with Gasteiger partial charge in [0.2, 0.25) is 0 Å². The molecule has 1 heteroatoms. The van der Waals surface area contributed by atoms with Crippen LogP contribution in [-0.2, 0) is 0 Å². The molecule has 1 N–H and O–H groups in total. The van der Waals surface area contributed by atoms with Crippen LogP contribution in [0.5, 0.6) is 0 Å². The van der Waals surface area contributed by atoms with Gasteiger partial charge in [0.15, 0.2) is 0 Å². The molecule has 82 valence electrons. The predicted molar refractivity (Wildman–Crippen MR) is 61.1 cm³/mol. The Labute approximate surface area is 88.7 Å². The summed E-state index contributed by atoms with van der Waals surface area (Å²) < 4.78 is 0. The molecule has 1 spiro atoms. The van der Waals surface area contributed by atoms with Crippen LogP contribution in [0.4, 0.5) is 0 Å². The number of nitrogens with one attached hydrogen (secondary N) is 1. The van der Waals surface area contributed by atoms with Crippen LogP contribution in [0.1, 0.15) is 58.3 Å². The Hall–Kier alpha value is -0.0400. The highest BCUT2D eigenvalue weighted by atomic mass is 14.9. The third-order valence-electron chi connectivity index (χ3n) is 4.78. The lowest BCUT2D eigenvalue weighted by Crippen LogP contribution is -2.46. The van der Waals surface area contributed by atoms with Gasteiger partial charge in [-0.1, -0.05) is 12.8 Å². The van der Waals surface area contributed by atoms with Crippen molar-refractivity contribution in [3.05, 3.63) is 6.42 Å². The lowest BCUT2D eigenvalue weighted by molar-refractivity contribution is 0.0896. The zero-order valence-electron chi connectivity index (χ0n) is 9.73. The Kier molecular flexibility index (Phi) is 2.88. The van der Waals surface area contributed by atoms with Gasteiger partial charge in [0.05, 0.1) is 0 Å². The van der Waals surface area contributed by atoms with Crippen LogP contribution in [0.2, 0.25) is 0 Å². The summed E-state index contributed by atoms with van der Waals surface area (Å²) in [5, 5.41) is 3.49. The summed E-state index contributed by atoms with van der Waals surface area (Å²) in [6, 6.07) is 0. The molecule has 0 aliphatic heterocycles. The van der Waals surface area contributed by atoms with Crippen molar-refractivity contribution in [2.24, 2.45) is 5.41 Å². The molecule has 1 nitrogen and oxygen atoms in total. The Bertz CT molecular complexity index is 181. The fourth-order valence-corrected chi connectivity index (χ4v) is 3.17. The summed E-state index contributed by atoms with van der Waals surface area (Å²) in [6.45, 7) is 2.38. The summed E-state index contributed by atoms with van der Waals surface area (Å²) in [5.74, 6) is 0. The maximum atomic E-state index is 3.49. The van der Waals surface area contributed by atoms with Crippen LogP contribution >= 0.6 is 0 Å². The molecule has 2 fully saturated rings. The van der Waals surface area contributed by atoms with Crippen LogP contribution in [0.25, 0.3) is 0 Å². The fraction of sp³-hybridized carbons (Fsp3) is 0.923. The second-order valence-corrected chi connectivity index (χ2v) is 5.68. The third kappa shape index (κ3) is 1.98. The van der Waals surface area contributed by atoms with E-state index in [1.54, 1.807) is 0 Å². The topological polar surface area (TPSA) is 12.0 Å². The Morgan fingerprint density at radius 2 is 1.50 bits per heavy atom. The van der Waals surface area contributed by atoms with E-state index in [9.17, 15) is 0 Å². The van der Waals surface area contributed by atoms with E-state index < -0.39 is 0 Å². The summed E-state index contributed by atoms with van der Waals surface area (Å²) in [6.07, 6.45) is 13.8. The maximum Gasteiger partial charge on any atom is 0.0150 e. The van der Waals surface area contributed by atoms with Crippen molar-refractivity contribution in [2.75, 3.05) is 7.05 Å². The van der Waals surface area contributed by atoms with Gasteiger partial charge >= 0.3 is 0 Å². The maximum absolute atomic E-state index is 3.49. The van der Waals surface area contributed by atoms with Gasteiger partial charge in [0.25, 0.3) is 0 Å². The zero-order chi connectivity index (χ0) is 10.1. The molecule has 0 aromatic heterocycles. The summed E-state index contributed by atoms with van der Waals surface area (Å²) >= 11 is 0. The normalized spacial score (nSPS) is 30.4. The van der Waals surface area contributed by atoms with Crippen LogP contribution < -0.4 is 5.32 Å². The van der Waals surface area contributed by atoms with E-state index in [1.165, 1.54) is 51.4 Å². The summed E-state index contributed by atoms with van der Waals surface area (Å²) in [7, 11) is 2.12. The first-order valence-electron chi connectivity index (χ1n) is 6.19. The molecular weight excluding hydrogens is 170 g/mol. The fourth-order valence-electron chi connectivity index (χ4n) is 3.17. The number of hydrogen-bond donors (Lipinski definition) is 1. The van der Waals surface area contributed by atoms with Crippen molar-refractivity contribution >= 4 is 0 Å². The SMILES string of the molecule is CNC1(C)CCC2(CC[CH-]CC2)CC1. The number of rotatable bonds is 1. The van der Waals surface area contributed by atoms with Crippen molar-refractivity contribution in [1.82, 2.24) is 5.32 Å². The van der Waals surface area contributed by atoms with E-state index in [2.05, 4.69) is 25.7 Å². The first-order valence-corrected chi connectivity index (χ1v) is 6.19. The Morgan fingerprint density at radius 1 is 0.929 bits per heavy atom. The van der Waals surface area contributed by atoms with Gasteiger partial charge < -0.3 is 11.7 Å². The van der Waals surface area contributed by atoms with Gasteiger partial charge in [-0.25, -0.2) is 0 Å². The minimum absolute atomic E-state index is 0.437. The van der Waals surface area contributed by atoms with Gasteiger partial charge in [-0.05, 0) is 45.1 Å². The van der Waals surface area contributed by atoms with E-state index in [-0.39, 0.29) is 0 Å². The van der Waals surface area contributed by atoms with Crippen molar-refractivity contribution < 1.29 is 0 Å². The molecule has 2 aliphatic rings. The lowest BCUT2D eigenvalue weighted by Gasteiger charge is -2.49. The zero-order valence-corrected chi connectivity index (χ0v) is 9.73. The van der Waals surface area contributed by atoms with Gasteiger partial charge in [-0.3, -0.25) is 0 Å². The minimum Gasteiger partial charge on any atom is -0.328 e. The molecule has 0 unspecified atom stereocenters. The van der Waals surface area contributed by atoms with Gasteiger partial charge in [0, 0.05) is 5.54 Å². The highest BCUT2D eigenvalue weighted by Crippen LogP contribution is 2.49. The molecule has 2 saturated carbocycles. The van der Waals surface area contributed by atoms with Crippen molar-refractivity contribution in [1.29, 1.82) is 0 Å². The molecule has 0 atom stereocenters. The quantitative estimate of drug-likeness (QED) is 0.632. The van der Waals surface area contributed by atoms with Crippen LogP contribution in [0, 0.1) is 11.8 Å². The first-order chi connectivity index (χ1) is 6.68. The molecule has 0 heterocycles. The molecule has 0 radical (unpaired) electrons. The highest BCUT2D eigenvalue weighted by Gasteiger charge is 2.38. The van der Waals surface area contributed by atoms with E-state index in [4.69, 9.17) is 0 Å². The molecule has 0 bridgehead atoms. The monoisotopic (exact) mass is 194 g/mol. The summed E-state index contributed by atoms with van der Waals surface area (Å²) in [4.78, 5) is 0. The predicted octanol–water partition coefficient (Wildman–Crippen LogP) is 3.30. The van der Waals surface area contributed by atoms with Gasteiger partial charge in [-0.2, -0.15) is 12.8 Å². The van der Waals surface area contributed by atoms with Crippen LogP contribution in [0.15, 0.2) is 0 Å². The molecule has 0 saturated heterocycles. The standard InChI is InChI=1S/C13H24N/c1-12(14-2)8-10-13(11-9-12)6-4-3-5-7-13/h3,14H,4-11H2,1-2H3/q-1. The average molecular weight is 194 g/mol. The largest absolute Gasteiger partial charge is 0.328 e. The van der Waals surface area contributed by atoms with Gasteiger partial charge in [-0.15, -0.1) is 0 Å². The Morgan fingerprint density at radius 3 is 2.00 bits per heavy atom. The molecule has 0 aromatic carbocycles. The minimum atomic E-state index is 0.437. The second kappa shape index (κ2) is 3.84. The van der Waals surface area contributed by atoms with Crippen molar-refractivity contribution in [3.8, 4) is 0 Å². The molecule has 0 amide bonds.